The first kappa shape index (κ1) is 16.8. The van der Waals surface area contributed by atoms with Crippen LogP contribution < -0.4 is 0 Å². The zero-order valence-electron chi connectivity index (χ0n) is 12.4. The average Bonchev–Trinajstić information content (AvgIpc) is 2.60. The van der Waals surface area contributed by atoms with Crippen LogP contribution in [0, 0.1) is 22.7 Å². The highest BCUT2D eigenvalue weighted by Crippen LogP contribution is 2.30. The van der Waals surface area contributed by atoms with E-state index >= 15 is 0 Å². The van der Waals surface area contributed by atoms with Gasteiger partial charge in [-0.05, 0) is 24.3 Å². The molecule has 0 spiro atoms. The molecule has 0 amide bonds. The number of nitrogens with zero attached hydrogens (tertiary/aromatic N) is 4. The van der Waals surface area contributed by atoms with Gasteiger partial charge in [0.05, 0.1) is 23.3 Å². The van der Waals surface area contributed by atoms with E-state index < -0.39 is 23.0 Å². The molecule has 0 aromatic rings. The predicted molar refractivity (Wildman–Crippen MR) is 80.5 cm³/mol. The van der Waals surface area contributed by atoms with E-state index in [0.29, 0.717) is 0 Å². The SMILES string of the molecule is N#CC1(N=NC2(C#N)C=CC(C(=O)O)=CC2)C=CC(C(=O)O)=CC1. The third kappa shape index (κ3) is 3.28. The van der Waals surface area contributed by atoms with Gasteiger partial charge < -0.3 is 10.2 Å². The Morgan fingerprint density at radius 2 is 1.29 bits per heavy atom. The first-order valence-electron chi connectivity index (χ1n) is 6.87. The normalized spacial score (nSPS) is 28.6. The van der Waals surface area contributed by atoms with Crippen molar-refractivity contribution in [1.82, 2.24) is 0 Å². The van der Waals surface area contributed by atoms with Crippen molar-refractivity contribution in [2.24, 2.45) is 10.2 Å². The lowest BCUT2D eigenvalue weighted by molar-refractivity contribution is -0.133. The van der Waals surface area contributed by atoms with Crippen molar-refractivity contribution in [2.75, 3.05) is 0 Å². The monoisotopic (exact) mass is 324 g/mol. The first-order valence-corrected chi connectivity index (χ1v) is 6.87. The molecule has 0 aromatic carbocycles. The molecule has 0 saturated heterocycles. The summed E-state index contributed by atoms with van der Waals surface area (Å²) in [5.74, 6) is -2.21. The van der Waals surface area contributed by atoms with E-state index in [1.807, 2.05) is 12.1 Å². The Balaban J connectivity index is 2.24. The molecule has 24 heavy (non-hydrogen) atoms. The Morgan fingerprint density at radius 3 is 1.50 bits per heavy atom. The van der Waals surface area contributed by atoms with E-state index in [-0.39, 0.29) is 24.0 Å². The molecule has 2 aliphatic rings. The summed E-state index contributed by atoms with van der Waals surface area (Å²) in [7, 11) is 0. The van der Waals surface area contributed by atoms with E-state index in [4.69, 9.17) is 10.2 Å². The van der Waals surface area contributed by atoms with Gasteiger partial charge in [-0.15, -0.1) is 0 Å². The first-order chi connectivity index (χ1) is 11.4. The molecule has 0 bridgehead atoms. The second kappa shape index (κ2) is 6.31. The fourth-order valence-electron chi connectivity index (χ4n) is 2.11. The van der Waals surface area contributed by atoms with Gasteiger partial charge in [0.15, 0.2) is 11.1 Å². The van der Waals surface area contributed by atoms with E-state index in [1.165, 1.54) is 36.5 Å². The number of hydrogen-bond acceptors (Lipinski definition) is 6. The van der Waals surface area contributed by atoms with E-state index in [2.05, 4.69) is 10.2 Å². The van der Waals surface area contributed by atoms with Gasteiger partial charge in [0.1, 0.15) is 0 Å². The molecule has 8 nitrogen and oxygen atoms in total. The number of azo groups is 1. The Bertz CT molecular complexity index is 754. The number of carboxylic acid groups (broad SMARTS) is 2. The Hall–Kier alpha value is -3.52. The minimum atomic E-state index is -1.38. The minimum absolute atomic E-state index is 0.0204. The lowest BCUT2D eigenvalue weighted by Gasteiger charge is -2.22. The van der Waals surface area contributed by atoms with Crippen LogP contribution in [0.5, 0.6) is 0 Å². The molecular weight excluding hydrogens is 312 g/mol. The fraction of sp³-hybridized carbons (Fsp3) is 0.250. The number of hydrogen-bond donors (Lipinski definition) is 2. The summed E-state index contributed by atoms with van der Waals surface area (Å²) in [4.78, 5) is 21.8. The van der Waals surface area contributed by atoms with Crippen LogP contribution in [0.4, 0.5) is 0 Å². The zero-order valence-corrected chi connectivity index (χ0v) is 12.4. The van der Waals surface area contributed by atoms with Crippen LogP contribution in [0.25, 0.3) is 0 Å². The summed E-state index contributed by atoms with van der Waals surface area (Å²) < 4.78 is 0. The van der Waals surface area contributed by atoms with Gasteiger partial charge in [-0.1, -0.05) is 12.2 Å². The van der Waals surface area contributed by atoms with Gasteiger partial charge in [-0.25, -0.2) is 9.59 Å². The number of carbonyl (C=O) groups is 2. The Morgan fingerprint density at radius 1 is 0.917 bits per heavy atom. The summed E-state index contributed by atoms with van der Waals surface area (Å²) in [5, 5.41) is 44.4. The van der Waals surface area contributed by atoms with Crippen LogP contribution in [-0.2, 0) is 9.59 Å². The standard InChI is InChI=1S/C16H12N4O4/c17-9-15(5-1-11(2-6-15)13(21)22)19-20-16(10-18)7-3-12(4-8-16)14(23)24/h1-5,7H,6,8H2,(H,21,22)(H,23,24). The highest BCUT2D eigenvalue weighted by Gasteiger charge is 2.34. The second-order valence-corrected chi connectivity index (χ2v) is 5.28. The highest BCUT2D eigenvalue weighted by molar-refractivity contribution is 5.90. The summed E-state index contributed by atoms with van der Waals surface area (Å²) in [6.07, 6.45) is 7.97. The predicted octanol–water partition coefficient (Wildman–Crippen LogP) is 1.91. The zero-order chi connectivity index (χ0) is 17.8. The molecule has 0 fully saturated rings. The topological polar surface area (TPSA) is 147 Å². The molecule has 0 saturated carbocycles. The summed E-state index contributed by atoms with van der Waals surface area (Å²) >= 11 is 0. The quantitative estimate of drug-likeness (QED) is 0.755. The maximum Gasteiger partial charge on any atom is 0.335 e. The number of nitriles is 2. The Labute approximate surface area is 137 Å². The maximum atomic E-state index is 10.9. The lowest BCUT2D eigenvalue weighted by Crippen LogP contribution is -2.27. The van der Waals surface area contributed by atoms with Crippen LogP contribution in [0.15, 0.2) is 57.8 Å². The fourth-order valence-corrected chi connectivity index (χ4v) is 2.11. The molecule has 2 atom stereocenters. The molecule has 0 aliphatic heterocycles. The third-order valence-corrected chi connectivity index (χ3v) is 3.63. The average molecular weight is 324 g/mol. The van der Waals surface area contributed by atoms with Crippen molar-refractivity contribution in [1.29, 1.82) is 10.5 Å². The molecule has 2 aliphatic carbocycles. The molecule has 0 aromatic heterocycles. The number of carboxylic acids is 2. The van der Waals surface area contributed by atoms with Crippen molar-refractivity contribution in [3.63, 3.8) is 0 Å². The van der Waals surface area contributed by atoms with Crippen LogP contribution in [0.3, 0.4) is 0 Å². The van der Waals surface area contributed by atoms with Gasteiger partial charge in [0, 0.05) is 12.8 Å². The van der Waals surface area contributed by atoms with Crippen molar-refractivity contribution < 1.29 is 19.8 Å². The van der Waals surface area contributed by atoms with Gasteiger partial charge in [-0.2, -0.15) is 20.8 Å². The molecule has 2 N–H and O–H groups in total. The maximum absolute atomic E-state index is 10.9. The Kier molecular flexibility index (Phi) is 4.43. The molecule has 2 unspecified atom stereocenters. The van der Waals surface area contributed by atoms with E-state index in [9.17, 15) is 20.1 Å². The van der Waals surface area contributed by atoms with E-state index in [0.717, 1.165) is 0 Å². The molecule has 2 rings (SSSR count). The van der Waals surface area contributed by atoms with Crippen molar-refractivity contribution in [2.45, 2.75) is 23.9 Å². The van der Waals surface area contributed by atoms with Gasteiger partial charge >= 0.3 is 11.9 Å². The molecule has 8 heteroatoms. The molecule has 120 valence electrons. The molecule has 0 radical (unpaired) electrons. The van der Waals surface area contributed by atoms with Gasteiger partial charge in [0.25, 0.3) is 0 Å². The molecular formula is C16H12N4O4. The molecule has 0 heterocycles. The minimum Gasteiger partial charge on any atom is -0.478 e. The van der Waals surface area contributed by atoms with Crippen LogP contribution in [0.2, 0.25) is 0 Å². The number of aliphatic carboxylic acids is 2. The lowest BCUT2D eigenvalue weighted by atomic mass is 9.89. The van der Waals surface area contributed by atoms with Crippen molar-refractivity contribution >= 4 is 11.9 Å². The summed E-state index contributed by atoms with van der Waals surface area (Å²) in [6.45, 7) is 0. The smallest absolute Gasteiger partial charge is 0.335 e. The third-order valence-electron chi connectivity index (χ3n) is 3.63. The highest BCUT2D eigenvalue weighted by atomic mass is 16.4. The summed E-state index contributed by atoms with van der Waals surface area (Å²) in [5.41, 5.74) is -2.66. The van der Waals surface area contributed by atoms with Crippen LogP contribution >= 0.6 is 0 Å². The summed E-state index contributed by atoms with van der Waals surface area (Å²) in [6, 6.07) is 3.91. The van der Waals surface area contributed by atoms with Gasteiger partial charge in [0.2, 0.25) is 0 Å². The van der Waals surface area contributed by atoms with Crippen LogP contribution in [0.1, 0.15) is 12.8 Å². The van der Waals surface area contributed by atoms with E-state index in [1.54, 1.807) is 0 Å². The van der Waals surface area contributed by atoms with Crippen molar-refractivity contribution in [3.8, 4) is 12.1 Å². The number of rotatable bonds is 4. The van der Waals surface area contributed by atoms with Crippen LogP contribution in [-0.4, -0.2) is 33.2 Å². The van der Waals surface area contributed by atoms with Crippen molar-refractivity contribution in [3.05, 3.63) is 47.6 Å². The largest absolute Gasteiger partial charge is 0.478 e. The van der Waals surface area contributed by atoms with Gasteiger partial charge in [-0.3, -0.25) is 0 Å². The second-order valence-electron chi connectivity index (χ2n) is 5.28.